The lowest BCUT2D eigenvalue weighted by Crippen LogP contribution is -2.45. The molecule has 0 amide bonds. The van der Waals surface area contributed by atoms with Gasteiger partial charge < -0.3 is 14.6 Å². The minimum Gasteiger partial charge on any atom is -0.541 e. The zero-order valence-corrected chi connectivity index (χ0v) is 12.9. The normalized spacial score (nSPS) is 11.4. The number of aryl methyl sites for hydroxylation is 1. The van der Waals surface area contributed by atoms with Crippen molar-refractivity contribution in [2.24, 2.45) is 0 Å². The van der Waals surface area contributed by atoms with Crippen LogP contribution in [0.4, 0.5) is 8.78 Å². The second-order valence-electron chi connectivity index (χ2n) is 5.42. The van der Waals surface area contributed by atoms with Gasteiger partial charge in [0.15, 0.2) is 5.97 Å². The number of carbonyl (C=O) groups excluding carboxylic acids is 1. The first-order valence-electron chi connectivity index (χ1n) is 7.83. The van der Waals surface area contributed by atoms with Gasteiger partial charge in [-0.1, -0.05) is 57.6 Å². The van der Waals surface area contributed by atoms with Gasteiger partial charge in [-0.25, -0.2) is 0 Å². The number of carboxylic acids is 1. The van der Waals surface area contributed by atoms with Crippen LogP contribution < -0.4 is 9.84 Å². The highest BCUT2D eigenvalue weighted by molar-refractivity contribution is 5.71. The molecule has 124 valence electrons. The van der Waals surface area contributed by atoms with E-state index in [2.05, 4.69) is 11.7 Å². The van der Waals surface area contributed by atoms with Crippen LogP contribution in [0.1, 0.15) is 57.4 Å². The fraction of sp³-hybridized carbons (Fsp3) is 0.588. The summed E-state index contributed by atoms with van der Waals surface area (Å²) in [5.74, 6) is -2.72. The molecule has 1 aromatic rings. The number of halogens is 2. The van der Waals surface area contributed by atoms with Crippen LogP contribution in [0.3, 0.4) is 0 Å². The van der Waals surface area contributed by atoms with E-state index in [1.54, 1.807) is 12.1 Å². The van der Waals surface area contributed by atoms with E-state index in [-0.39, 0.29) is 5.75 Å². The molecule has 0 aliphatic carbocycles. The average Bonchev–Trinajstić information content (AvgIpc) is 2.47. The van der Waals surface area contributed by atoms with Gasteiger partial charge in [0.2, 0.25) is 0 Å². The highest BCUT2D eigenvalue weighted by Gasteiger charge is 2.33. The Morgan fingerprint density at radius 1 is 1.05 bits per heavy atom. The van der Waals surface area contributed by atoms with Gasteiger partial charge in [0.25, 0.3) is 0 Å². The number of alkyl halides is 2. The first-order valence-corrected chi connectivity index (χ1v) is 7.83. The topological polar surface area (TPSA) is 49.4 Å². The van der Waals surface area contributed by atoms with Crippen molar-refractivity contribution in [3.8, 4) is 5.75 Å². The van der Waals surface area contributed by atoms with Crippen molar-refractivity contribution in [3.05, 3.63) is 29.8 Å². The molecule has 5 heteroatoms. The molecule has 0 spiro atoms. The molecule has 0 saturated heterocycles. The Balaban J connectivity index is 2.29. The highest BCUT2D eigenvalue weighted by atomic mass is 19.3. The molecule has 1 aromatic carbocycles. The van der Waals surface area contributed by atoms with Crippen molar-refractivity contribution < 1.29 is 23.4 Å². The van der Waals surface area contributed by atoms with Gasteiger partial charge in [-0.05, 0) is 30.5 Å². The van der Waals surface area contributed by atoms with Crippen molar-refractivity contribution in [1.82, 2.24) is 0 Å². The molecular weight excluding hydrogens is 290 g/mol. The predicted molar refractivity (Wildman–Crippen MR) is 78.7 cm³/mol. The third-order valence-corrected chi connectivity index (χ3v) is 3.48. The number of rotatable bonds is 11. The molecule has 0 aliphatic rings. The lowest BCUT2D eigenvalue weighted by molar-refractivity contribution is -0.350. The van der Waals surface area contributed by atoms with Gasteiger partial charge >= 0.3 is 6.11 Å². The number of benzene rings is 1. The van der Waals surface area contributed by atoms with E-state index < -0.39 is 12.1 Å². The lowest BCUT2D eigenvalue weighted by atomic mass is 10.0. The zero-order chi connectivity index (χ0) is 16.4. The summed E-state index contributed by atoms with van der Waals surface area (Å²) < 4.78 is 29.8. The zero-order valence-electron chi connectivity index (χ0n) is 12.9. The van der Waals surface area contributed by atoms with Crippen molar-refractivity contribution in [3.63, 3.8) is 0 Å². The fourth-order valence-corrected chi connectivity index (χ4v) is 2.20. The van der Waals surface area contributed by atoms with Crippen molar-refractivity contribution in [2.45, 2.75) is 64.4 Å². The van der Waals surface area contributed by atoms with Crippen LogP contribution in [0.15, 0.2) is 24.3 Å². The van der Waals surface area contributed by atoms with Gasteiger partial charge in [-0.3, -0.25) is 0 Å². The number of hydrogen-bond acceptors (Lipinski definition) is 3. The molecule has 0 heterocycles. The molecular formula is C17H23F2O3-. The third kappa shape index (κ3) is 6.87. The Morgan fingerprint density at radius 3 is 2.14 bits per heavy atom. The van der Waals surface area contributed by atoms with Gasteiger partial charge in [0, 0.05) is 0 Å². The fourth-order valence-electron chi connectivity index (χ4n) is 2.20. The maximum Gasteiger partial charge on any atom is 0.441 e. The van der Waals surface area contributed by atoms with Crippen LogP contribution in [-0.2, 0) is 11.2 Å². The van der Waals surface area contributed by atoms with Gasteiger partial charge in [-0.2, -0.15) is 8.78 Å². The smallest absolute Gasteiger partial charge is 0.441 e. The Morgan fingerprint density at radius 2 is 1.59 bits per heavy atom. The summed E-state index contributed by atoms with van der Waals surface area (Å²) in [6.45, 7) is 2.19. The third-order valence-electron chi connectivity index (χ3n) is 3.48. The molecule has 0 aromatic heterocycles. The minimum absolute atomic E-state index is 0.183. The number of aliphatic carboxylic acids is 1. The van der Waals surface area contributed by atoms with E-state index in [1.165, 1.54) is 44.2 Å². The molecule has 0 N–H and O–H groups in total. The van der Waals surface area contributed by atoms with Crippen LogP contribution >= 0.6 is 0 Å². The molecule has 1 rings (SSSR count). The van der Waals surface area contributed by atoms with E-state index in [9.17, 15) is 18.7 Å². The molecule has 0 atom stereocenters. The van der Waals surface area contributed by atoms with E-state index in [0.29, 0.717) is 0 Å². The number of ether oxygens (including phenoxy) is 1. The number of carbonyl (C=O) groups is 1. The largest absolute Gasteiger partial charge is 0.541 e. The maximum absolute atomic E-state index is 12.8. The molecule has 0 radical (unpaired) electrons. The Kier molecular flexibility index (Phi) is 7.85. The monoisotopic (exact) mass is 313 g/mol. The summed E-state index contributed by atoms with van der Waals surface area (Å²) >= 11 is 0. The average molecular weight is 313 g/mol. The summed E-state index contributed by atoms with van der Waals surface area (Å²) in [5.41, 5.74) is 1.03. The SMILES string of the molecule is CCCCCCCCCc1ccc(OC(F)(F)C(=O)[O-])cc1. The lowest BCUT2D eigenvalue weighted by Gasteiger charge is -2.18. The van der Waals surface area contributed by atoms with Crippen LogP contribution in [0.2, 0.25) is 0 Å². The second-order valence-corrected chi connectivity index (χ2v) is 5.42. The van der Waals surface area contributed by atoms with E-state index in [1.807, 2.05) is 0 Å². The quantitative estimate of drug-likeness (QED) is 0.585. The Bertz CT molecular complexity index is 444. The summed E-state index contributed by atoms with van der Waals surface area (Å²) in [7, 11) is 0. The summed E-state index contributed by atoms with van der Waals surface area (Å²) in [6.07, 6.45) is 5.09. The molecule has 0 aliphatic heterocycles. The van der Waals surface area contributed by atoms with Gasteiger partial charge in [-0.15, -0.1) is 0 Å². The minimum atomic E-state index is -4.31. The van der Waals surface area contributed by atoms with Crippen LogP contribution in [0.25, 0.3) is 0 Å². The predicted octanol–water partition coefficient (Wildman–Crippen LogP) is 3.70. The second kappa shape index (κ2) is 9.38. The van der Waals surface area contributed by atoms with Gasteiger partial charge in [0.05, 0.1) is 0 Å². The Hall–Kier alpha value is -1.65. The molecule has 22 heavy (non-hydrogen) atoms. The van der Waals surface area contributed by atoms with Crippen molar-refractivity contribution >= 4 is 5.97 Å². The molecule has 0 unspecified atom stereocenters. The van der Waals surface area contributed by atoms with E-state index in [0.717, 1.165) is 24.8 Å². The van der Waals surface area contributed by atoms with E-state index in [4.69, 9.17) is 0 Å². The molecule has 3 nitrogen and oxygen atoms in total. The van der Waals surface area contributed by atoms with Crippen LogP contribution in [-0.4, -0.2) is 12.1 Å². The van der Waals surface area contributed by atoms with Crippen LogP contribution in [0, 0.1) is 0 Å². The highest BCUT2D eigenvalue weighted by Crippen LogP contribution is 2.22. The number of unbranched alkanes of at least 4 members (excludes halogenated alkanes) is 6. The van der Waals surface area contributed by atoms with Crippen molar-refractivity contribution in [2.75, 3.05) is 0 Å². The summed E-state index contributed by atoms with van der Waals surface area (Å²) in [5, 5.41) is 10.2. The Labute approximate surface area is 130 Å². The first-order chi connectivity index (χ1) is 10.5. The number of hydrogen-bond donors (Lipinski definition) is 0. The standard InChI is InChI=1S/C17H24F2O3/c1-2-3-4-5-6-7-8-9-14-10-12-15(13-11-14)22-17(18,19)16(20)21/h10-13H,2-9H2,1H3,(H,20,21)/p-1. The first kappa shape index (κ1) is 18.4. The van der Waals surface area contributed by atoms with Gasteiger partial charge in [0.1, 0.15) is 5.75 Å². The maximum atomic E-state index is 12.8. The molecule has 0 saturated carbocycles. The molecule has 0 bridgehead atoms. The van der Waals surface area contributed by atoms with E-state index >= 15 is 0 Å². The number of carboxylic acid groups (broad SMARTS) is 1. The summed E-state index contributed by atoms with van der Waals surface area (Å²) in [6, 6.07) is 6.07. The summed E-state index contributed by atoms with van der Waals surface area (Å²) in [4.78, 5) is 10.2. The van der Waals surface area contributed by atoms with Crippen molar-refractivity contribution in [1.29, 1.82) is 0 Å². The van der Waals surface area contributed by atoms with Crippen LogP contribution in [0.5, 0.6) is 5.75 Å². The molecule has 0 fully saturated rings.